The molecule has 0 fully saturated rings. The topological polar surface area (TPSA) is 12.0 Å². The number of hydrogen-bond acceptors (Lipinski definition) is 1. The quantitative estimate of drug-likeness (QED) is 0.876. The zero-order valence-corrected chi connectivity index (χ0v) is 11.0. The van der Waals surface area contributed by atoms with Gasteiger partial charge in [-0.05, 0) is 24.7 Å². The lowest BCUT2D eigenvalue weighted by molar-refractivity contribution is 0.448. The van der Waals surface area contributed by atoms with Gasteiger partial charge in [-0.2, -0.15) is 0 Å². The number of likely N-dealkylation sites (N-methyl/N-ethyl adjacent to an activating group) is 1. The van der Waals surface area contributed by atoms with Crippen LogP contribution in [-0.2, 0) is 0 Å². The first-order chi connectivity index (χ1) is 9.15. The van der Waals surface area contributed by atoms with E-state index in [1.54, 1.807) is 7.05 Å². The van der Waals surface area contributed by atoms with E-state index in [9.17, 15) is 8.78 Å². The molecule has 19 heavy (non-hydrogen) atoms. The summed E-state index contributed by atoms with van der Waals surface area (Å²) in [5.74, 6) is -1.05. The van der Waals surface area contributed by atoms with Crippen molar-refractivity contribution in [3.05, 3.63) is 71.3 Å². The molecular formula is C16H17F2N. The molecular weight excluding hydrogens is 244 g/mol. The molecule has 0 spiro atoms. The summed E-state index contributed by atoms with van der Waals surface area (Å²) >= 11 is 0. The SMILES string of the molecule is CNC(c1c(F)cccc1F)C(C)c1ccccc1. The summed E-state index contributed by atoms with van der Waals surface area (Å²) in [6.45, 7) is 1.96. The standard InChI is InChI=1S/C16H17F2N/c1-11(12-7-4-3-5-8-12)16(19-2)15-13(17)9-6-10-14(15)18/h3-11,16,19H,1-2H3. The van der Waals surface area contributed by atoms with Crippen LogP contribution in [0.4, 0.5) is 8.78 Å². The van der Waals surface area contributed by atoms with Crippen molar-refractivity contribution in [1.29, 1.82) is 0 Å². The van der Waals surface area contributed by atoms with E-state index in [1.165, 1.54) is 18.2 Å². The maximum atomic E-state index is 13.9. The Balaban J connectivity index is 2.40. The van der Waals surface area contributed by atoms with Crippen LogP contribution >= 0.6 is 0 Å². The second-order valence-electron chi connectivity index (χ2n) is 4.60. The maximum absolute atomic E-state index is 13.9. The predicted molar refractivity (Wildman–Crippen MR) is 73.0 cm³/mol. The molecule has 0 radical (unpaired) electrons. The van der Waals surface area contributed by atoms with Gasteiger partial charge in [-0.3, -0.25) is 0 Å². The maximum Gasteiger partial charge on any atom is 0.130 e. The molecule has 1 nitrogen and oxygen atoms in total. The third-order valence-corrected chi connectivity index (χ3v) is 3.45. The largest absolute Gasteiger partial charge is 0.312 e. The molecule has 0 aliphatic carbocycles. The molecule has 2 rings (SSSR count). The minimum absolute atomic E-state index is 0.0300. The Morgan fingerprint density at radius 1 is 0.895 bits per heavy atom. The fraction of sp³-hybridized carbons (Fsp3) is 0.250. The van der Waals surface area contributed by atoms with Crippen molar-refractivity contribution >= 4 is 0 Å². The highest BCUT2D eigenvalue weighted by molar-refractivity contribution is 5.29. The van der Waals surface area contributed by atoms with E-state index >= 15 is 0 Å². The van der Waals surface area contributed by atoms with Gasteiger partial charge in [-0.15, -0.1) is 0 Å². The van der Waals surface area contributed by atoms with Crippen LogP contribution in [0.5, 0.6) is 0 Å². The van der Waals surface area contributed by atoms with Gasteiger partial charge in [0.05, 0.1) is 0 Å². The molecule has 0 bridgehead atoms. The van der Waals surface area contributed by atoms with Gasteiger partial charge in [0.1, 0.15) is 11.6 Å². The second-order valence-corrected chi connectivity index (χ2v) is 4.60. The normalized spacial score (nSPS) is 14.1. The lowest BCUT2D eigenvalue weighted by Gasteiger charge is -2.25. The van der Waals surface area contributed by atoms with E-state index in [1.807, 2.05) is 37.3 Å². The van der Waals surface area contributed by atoms with Crippen molar-refractivity contribution in [2.75, 3.05) is 7.05 Å². The number of benzene rings is 2. The zero-order chi connectivity index (χ0) is 13.8. The van der Waals surface area contributed by atoms with Crippen LogP contribution in [0.25, 0.3) is 0 Å². The Bertz CT molecular complexity index is 519. The Labute approximate surface area is 112 Å². The minimum atomic E-state index is -0.512. The Kier molecular flexibility index (Phi) is 4.27. The molecule has 2 aromatic carbocycles. The van der Waals surface area contributed by atoms with Gasteiger partial charge < -0.3 is 5.32 Å². The minimum Gasteiger partial charge on any atom is -0.312 e. The molecule has 0 aliphatic heterocycles. The summed E-state index contributed by atoms with van der Waals surface area (Å²) in [5.41, 5.74) is 1.14. The first-order valence-corrected chi connectivity index (χ1v) is 6.31. The summed E-state index contributed by atoms with van der Waals surface area (Å²) in [4.78, 5) is 0. The highest BCUT2D eigenvalue weighted by atomic mass is 19.1. The molecule has 0 heterocycles. The van der Waals surface area contributed by atoms with Crippen LogP contribution in [-0.4, -0.2) is 7.05 Å². The molecule has 0 saturated heterocycles. The lowest BCUT2D eigenvalue weighted by Crippen LogP contribution is -2.24. The van der Waals surface area contributed by atoms with Crippen molar-refractivity contribution < 1.29 is 8.78 Å². The molecule has 2 unspecified atom stereocenters. The second kappa shape index (κ2) is 5.93. The van der Waals surface area contributed by atoms with E-state index in [4.69, 9.17) is 0 Å². The monoisotopic (exact) mass is 261 g/mol. The van der Waals surface area contributed by atoms with E-state index < -0.39 is 17.7 Å². The van der Waals surface area contributed by atoms with Crippen molar-refractivity contribution in [3.8, 4) is 0 Å². The van der Waals surface area contributed by atoms with Crippen LogP contribution in [0.15, 0.2) is 48.5 Å². The highest BCUT2D eigenvalue weighted by Gasteiger charge is 2.24. The number of nitrogens with one attached hydrogen (secondary N) is 1. The van der Waals surface area contributed by atoms with Gasteiger partial charge in [0.15, 0.2) is 0 Å². The van der Waals surface area contributed by atoms with Gasteiger partial charge >= 0.3 is 0 Å². The highest BCUT2D eigenvalue weighted by Crippen LogP contribution is 2.33. The van der Waals surface area contributed by atoms with E-state index in [0.717, 1.165) is 5.56 Å². The smallest absolute Gasteiger partial charge is 0.130 e. The van der Waals surface area contributed by atoms with Gasteiger partial charge in [0.2, 0.25) is 0 Å². The third-order valence-electron chi connectivity index (χ3n) is 3.45. The predicted octanol–water partition coefficient (Wildman–Crippen LogP) is 4.03. The van der Waals surface area contributed by atoms with Crippen LogP contribution in [0.3, 0.4) is 0 Å². The average molecular weight is 261 g/mol. The van der Waals surface area contributed by atoms with Gasteiger partial charge in [0, 0.05) is 17.5 Å². The number of halogens is 2. The van der Waals surface area contributed by atoms with Crippen LogP contribution in [0, 0.1) is 11.6 Å². The molecule has 0 amide bonds. The summed E-state index contributed by atoms with van der Waals surface area (Å²) in [6.07, 6.45) is 0. The molecule has 2 atom stereocenters. The van der Waals surface area contributed by atoms with Crippen molar-refractivity contribution in [2.45, 2.75) is 18.9 Å². The van der Waals surface area contributed by atoms with Crippen molar-refractivity contribution in [2.24, 2.45) is 0 Å². The summed E-state index contributed by atoms with van der Waals surface area (Å²) in [5, 5.41) is 3.02. The first kappa shape index (κ1) is 13.7. The molecule has 0 saturated carbocycles. The van der Waals surface area contributed by atoms with Crippen LogP contribution in [0.2, 0.25) is 0 Å². The fourth-order valence-electron chi connectivity index (χ4n) is 2.40. The van der Waals surface area contributed by atoms with Gasteiger partial charge in [0.25, 0.3) is 0 Å². The van der Waals surface area contributed by atoms with Crippen LogP contribution < -0.4 is 5.32 Å². The lowest BCUT2D eigenvalue weighted by atomic mass is 9.88. The Morgan fingerprint density at radius 3 is 2.00 bits per heavy atom. The molecule has 3 heteroatoms. The molecule has 100 valence electrons. The van der Waals surface area contributed by atoms with Crippen LogP contribution in [0.1, 0.15) is 30.0 Å². The van der Waals surface area contributed by atoms with E-state index in [-0.39, 0.29) is 11.5 Å². The molecule has 1 N–H and O–H groups in total. The van der Waals surface area contributed by atoms with E-state index in [0.29, 0.717) is 0 Å². The summed E-state index contributed by atoms with van der Waals surface area (Å²) in [6, 6.07) is 13.3. The fourth-order valence-corrected chi connectivity index (χ4v) is 2.40. The van der Waals surface area contributed by atoms with Gasteiger partial charge in [-0.1, -0.05) is 43.3 Å². The number of rotatable bonds is 4. The average Bonchev–Trinajstić information content (AvgIpc) is 2.43. The Hall–Kier alpha value is -1.74. The van der Waals surface area contributed by atoms with Gasteiger partial charge in [-0.25, -0.2) is 8.78 Å². The van der Waals surface area contributed by atoms with E-state index in [2.05, 4.69) is 5.32 Å². The molecule has 0 aromatic heterocycles. The van der Waals surface area contributed by atoms with Crippen molar-refractivity contribution in [1.82, 2.24) is 5.32 Å². The first-order valence-electron chi connectivity index (χ1n) is 6.31. The Morgan fingerprint density at radius 2 is 1.47 bits per heavy atom. The zero-order valence-electron chi connectivity index (χ0n) is 11.0. The molecule has 2 aromatic rings. The summed E-state index contributed by atoms with van der Waals surface area (Å²) in [7, 11) is 1.72. The summed E-state index contributed by atoms with van der Waals surface area (Å²) < 4.78 is 27.8. The molecule has 0 aliphatic rings. The third kappa shape index (κ3) is 2.82. The number of hydrogen-bond donors (Lipinski definition) is 1. The van der Waals surface area contributed by atoms with Crippen molar-refractivity contribution in [3.63, 3.8) is 0 Å².